The third-order valence-corrected chi connectivity index (χ3v) is 4.88. The largest absolute Gasteiger partial charge is 0.396 e. The van der Waals surface area contributed by atoms with Crippen LogP contribution in [-0.2, 0) is 9.47 Å². The highest BCUT2D eigenvalue weighted by Crippen LogP contribution is 2.13. The first-order valence-corrected chi connectivity index (χ1v) is 11.8. The van der Waals surface area contributed by atoms with Crippen molar-refractivity contribution in [2.24, 2.45) is 0 Å². The van der Waals surface area contributed by atoms with E-state index in [4.69, 9.17) is 14.6 Å². The number of aliphatic hydroxyl groups excluding tert-OH is 1. The summed E-state index contributed by atoms with van der Waals surface area (Å²) in [4.78, 5) is 0. The lowest BCUT2D eigenvalue weighted by Gasteiger charge is -2.19. The molecule has 0 aromatic heterocycles. The van der Waals surface area contributed by atoms with Gasteiger partial charge in [0.25, 0.3) is 0 Å². The van der Waals surface area contributed by atoms with Crippen molar-refractivity contribution in [3.8, 4) is 0 Å². The van der Waals surface area contributed by atoms with Crippen LogP contribution in [0, 0.1) is 0 Å². The number of ether oxygens (including phenoxy) is 2. The molecule has 0 rings (SSSR count). The highest BCUT2D eigenvalue weighted by molar-refractivity contribution is 4.80. The van der Waals surface area contributed by atoms with Gasteiger partial charge in [-0.05, 0) is 44.9 Å². The zero-order chi connectivity index (χ0) is 19.8. The lowest BCUT2D eigenvalue weighted by Crippen LogP contribution is -2.19. The van der Waals surface area contributed by atoms with E-state index in [0.717, 1.165) is 45.3 Å². The minimum atomic E-state index is -0.00715. The Labute approximate surface area is 169 Å². The molecule has 0 saturated carbocycles. The minimum absolute atomic E-state index is 0.00715. The van der Waals surface area contributed by atoms with Crippen LogP contribution in [0.25, 0.3) is 0 Å². The topological polar surface area (TPSA) is 38.7 Å². The van der Waals surface area contributed by atoms with Crippen molar-refractivity contribution in [3.63, 3.8) is 0 Å². The molecule has 0 spiro atoms. The van der Waals surface area contributed by atoms with Crippen LogP contribution < -0.4 is 0 Å². The minimum Gasteiger partial charge on any atom is -0.396 e. The molecule has 0 aliphatic rings. The molecule has 0 radical (unpaired) electrons. The second kappa shape index (κ2) is 23.7. The van der Waals surface area contributed by atoms with E-state index in [2.05, 4.69) is 26.0 Å². The number of aliphatic hydroxyl groups is 1. The third kappa shape index (κ3) is 21.8. The standard InChI is InChI=1S/C24H48O3/c1-3-5-7-14-18-22-26-24(27-23-19-15-8-6-4-2)20-16-12-10-9-11-13-17-21-25/h11,13,24-25H,3-10,12,14-23H2,1-2H3/b13-11-. The van der Waals surface area contributed by atoms with Gasteiger partial charge >= 0.3 is 0 Å². The predicted octanol–water partition coefficient (Wildman–Crippen LogP) is 7.18. The fourth-order valence-corrected chi connectivity index (χ4v) is 3.12. The molecule has 0 heterocycles. The van der Waals surface area contributed by atoms with Crippen molar-refractivity contribution in [2.45, 2.75) is 123 Å². The van der Waals surface area contributed by atoms with Gasteiger partial charge in [0.1, 0.15) is 0 Å². The third-order valence-electron chi connectivity index (χ3n) is 4.88. The quantitative estimate of drug-likeness (QED) is 0.122. The Kier molecular flexibility index (Phi) is 23.3. The van der Waals surface area contributed by atoms with Gasteiger partial charge in [0.15, 0.2) is 6.29 Å². The van der Waals surface area contributed by atoms with Crippen LogP contribution >= 0.6 is 0 Å². The Hall–Kier alpha value is -0.380. The van der Waals surface area contributed by atoms with Gasteiger partial charge in [-0.25, -0.2) is 0 Å². The van der Waals surface area contributed by atoms with E-state index in [1.807, 2.05) is 0 Å². The fourth-order valence-electron chi connectivity index (χ4n) is 3.12. The van der Waals surface area contributed by atoms with Crippen LogP contribution in [0.15, 0.2) is 12.2 Å². The van der Waals surface area contributed by atoms with Gasteiger partial charge in [0, 0.05) is 19.8 Å². The maximum absolute atomic E-state index is 8.75. The van der Waals surface area contributed by atoms with Crippen molar-refractivity contribution in [3.05, 3.63) is 12.2 Å². The molecular weight excluding hydrogens is 336 g/mol. The first kappa shape index (κ1) is 26.6. The molecule has 0 unspecified atom stereocenters. The summed E-state index contributed by atoms with van der Waals surface area (Å²) in [5.74, 6) is 0. The van der Waals surface area contributed by atoms with Crippen molar-refractivity contribution < 1.29 is 14.6 Å². The normalized spacial score (nSPS) is 11.9. The molecule has 0 amide bonds. The number of hydrogen-bond donors (Lipinski definition) is 1. The van der Waals surface area contributed by atoms with E-state index < -0.39 is 0 Å². The van der Waals surface area contributed by atoms with Gasteiger partial charge in [-0.1, -0.05) is 83.8 Å². The Morgan fingerprint density at radius 3 is 1.70 bits per heavy atom. The van der Waals surface area contributed by atoms with Crippen molar-refractivity contribution in [1.82, 2.24) is 0 Å². The SMILES string of the molecule is CCCCCCCOC(CCCCC/C=C\CCO)OCCCCCCC. The molecule has 27 heavy (non-hydrogen) atoms. The highest BCUT2D eigenvalue weighted by atomic mass is 16.7. The predicted molar refractivity (Wildman–Crippen MR) is 117 cm³/mol. The zero-order valence-electron chi connectivity index (χ0n) is 18.4. The molecule has 1 N–H and O–H groups in total. The summed E-state index contributed by atoms with van der Waals surface area (Å²) >= 11 is 0. The zero-order valence-corrected chi connectivity index (χ0v) is 18.4. The van der Waals surface area contributed by atoms with Crippen LogP contribution in [0.5, 0.6) is 0 Å². The smallest absolute Gasteiger partial charge is 0.157 e. The van der Waals surface area contributed by atoms with Gasteiger partial charge in [0.05, 0.1) is 0 Å². The monoisotopic (exact) mass is 384 g/mol. The molecule has 0 bridgehead atoms. The van der Waals surface area contributed by atoms with Crippen LogP contribution in [-0.4, -0.2) is 31.2 Å². The maximum atomic E-state index is 8.75. The first-order valence-electron chi connectivity index (χ1n) is 11.8. The number of allylic oxidation sites excluding steroid dienone is 1. The molecule has 0 fully saturated rings. The van der Waals surface area contributed by atoms with E-state index >= 15 is 0 Å². The Morgan fingerprint density at radius 1 is 0.630 bits per heavy atom. The molecular formula is C24H48O3. The number of rotatable bonds is 22. The summed E-state index contributed by atoms with van der Waals surface area (Å²) in [6.07, 6.45) is 23.5. The average Bonchev–Trinajstić information content (AvgIpc) is 2.68. The lowest BCUT2D eigenvalue weighted by atomic mass is 10.1. The van der Waals surface area contributed by atoms with Crippen LogP contribution in [0.3, 0.4) is 0 Å². The van der Waals surface area contributed by atoms with Crippen molar-refractivity contribution >= 4 is 0 Å². The first-order chi connectivity index (χ1) is 13.3. The summed E-state index contributed by atoms with van der Waals surface area (Å²) in [7, 11) is 0. The van der Waals surface area contributed by atoms with E-state index in [0.29, 0.717) is 0 Å². The van der Waals surface area contributed by atoms with Gasteiger partial charge < -0.3 is 14.6 Å². The summed E-state index contributed by atoms with van der Waals surface area (Å²) < 4.78 is 12.1. The summed E-state index contributed by atoms with van der Waals surface area (Å²) in [6, 6.07) is 0. The van der Waals surface area contributed by atoms with Gasteiger partial charge in [-0.15, -0.1) is 0 Å². The second-order valence-corrected chi connectivity index (χ2v) is 7.62. The van der Waals surface area contributed by atoms with Crippen molar-refractivity contribution in [2.75, 3.05) is 19.8 Å². The molecule has 0 aliphatic heterocycles. The fraction of sp³-hybridized carbons (Fsp3) is 0.917. The van der Waals surface area contributed by atoms with E-state index in [9.17, 15) is 0 Å². The Balaban J connectivity index is 3.83. The maximum Gasteiger partial charge on any atom is 0.157 e. The molecule has 3 heteroatoms. The van der Waals surface area contributed by atoms with Crippen molar-refractivity contribution in [1.29, 1.82) is 0 Å². The summed E-state index contributed by atoms with van der Waals surface area (Å²) in [6.45, 7) is 6.44. The highest BCUT2D eigenvalue weighted by Gasteiger charge is 2.09. The van der Waals surface area contributed by atoms with Crippen LogP contribution in [0.1, 0.15) is 117 Å². The lowest BCUT2D eigenvalue weighted by molar-refractivity contribution is -0.148. The summed E-state index contributed by atoms with van der Waals surface area (Å²) in [5, 5.41) is 8.75. The van der Waals surface area contributed by atoms with Crippen LogP contribution in [0.4, 0.5) is 0 Å². The molecule has 0 saturated heterocycles. The van der Waals surface area contributed by atoms with E-state index in [-0.39, 0.29) is 12.9 Å². The van der Waals surface area contributed by atoms with Crippen LogP contribution in [0.2, 0.25) is 0 Å². The van der Waals surface area contributed by atoms with Gasteiger partial charge in [-0.3, -0.25) is 0 Å². The molecule has 3 nitrogen and oxygen atoms in total. The van der Waals surface area contributed by atoms with Gasteiger partial charge in [-0.2, -0.15) is 0 Å². The Morgan fingerprint density at radius 2 is 1.15 bits per heavy atom. The molecule has 0 aliphatic carbocycles. The summed E-state index contributed by atoms with van der Waals surface area (Å²) in [5.41, 5.74) is 0. The van der Waals surface area contributed by atoms with Gasteiger partial charge in [0.2, 0.25) is 0 Å². The molecule has 0 atom stereocenters. The number of unbranched alkanes of at least 4 members (excludes halogenated alkanes) is 11. The van der Waals surface area contributed by atoms with E-state index in [1.54, 1.807) is 0 Å². The second-order valence-electron chi connectivity index (χ2n) is 7.62. The van der Waals surface area contributed by atoms with E-state index in [1.165, 1.54) is 70.6 Å². The number of hydrogen-bond acceptors (Lipinski definition) is 3. The molecule has 162 valence electrons. The molecule has 0 aromatic carbocycles. The Bertz CT molecular complexity index is 275. The average molecular weight is 385 g/mol. The molecule has 0 aromatic rings.